The van der Waals surface area contributed by atoms with Gasteiger partial charge in [-0.2, -0.15) is 0 Å². The maximum Gasteiger partial charge on any atom is 0.434 e. The van der Waals surface area contributed by atoms with Crippen molar-refractivity contribution in [3.05, 3.63) is 44.2 Å². The molecule has 0 atom stereocenters. The zero-order valence-corrected chi connectivity index (χ0v) is 11.7. The minimum absolute atomic E-state index is 0.0591. The molecule has 2 rings (SSSR count). The molecule has 1 heterocycles. The fraction of sp³-hybridized carbons (Fsp3) is 0.0909. The van der Waals surface area contributed by atoms with Gasteiger partial charge in [-0.25, -0.2) is 14.7 Å². The molecule has 0 unspecified atom stereocenters. The molecule has 3 N–H and O–H groups in total. The molecule has 2 aromatic rings. The number of aliphatic carboxylic acids is 1. The number of hydrogen-bond donors (Lipinski definition) is 3. The Morgan fingerprint density at radius 1 is 1.33 bits per heavy atom. The molecule has 1 aromatic carbocycles. The number of anilines is 1. The van der Waals surface area contributed by atoms with E-state index in [2.05, 4.69) is 15.5 Å². The minimum Gasteiger partial charge on any atom is -0.474 e. The molecule has 1 amide bonds. The van der Waals surface area contributed by atoms with Crippen LogP contribution in [-0.4, -0.2) is 27.2 Å². The van der Waals surface area contributed by atoms with Crippen molar-refractivity contribution in [1.82, 2.24) is 10.2 Å². The monoisotopic (exact) mass is 331 g/mol. The Hall–Kier alpha value is -2.32. The first kappa shape index (κ1) is 15.1. The number of H-pyrrole nitrogens is 1. The highest BCUT2D eigenvalue weighted by Crippen LogP contribution is 2.30. The Morgan fingerprint density at radius 3 is 2.43 bits per heavy atom. The summed E-state index contributed by atoms with van der Waals surface area (Å²) in [4.78, 5) is 32.3. The number of aromatic amines is 1. The van der Waals surface area contributed by atoms with Crippen molar-refractivity contribution in [3.8, 4) is 0 Å². The summed E-state index contributed by atoms with van der Waals surface area (Å²) in [6.45, 7) is 0. The average molecular weight is 332 g/mol. The van der Waals surface area contributed by atoms with Gasteiger partial charge >= 0.3 is 17.6 Å². The fourth-order valence-corrected chi connectivity index (χ4v) is 2.14. The van der Waals surface area contributed by atoms with Crippen LogP contribution in [0.5, 0.6) is 0 Å². The Labute approximate surface area is 126 Å². The van der Waals surface area contributed by atoms with Crippen LogP contribution < -0.4 is 11.1 Å². The van der Waals surface area contributed by atoms with Gasteiger partial charge in [-0.3, -0.25) is 4.79 Å². The standard InChI is InChI=1S/C11H7Cl2N3O5/c12-6-1-4(14-9(17)10(18)19)2-7(13)5(6)3-8-15-16-11(20)21-8/h1-2H,3H2,(H,14,17)(H,16,20)(H,18,19). The summed E-state index contributed by atoms with van der Waals surface area (Å²) in [7, 11) is 0. The first-order valence-corrected chi connectivity index (χ1v) is 6.19. The molecule has 21 heavy (non-hydrogen) atoms. The van der Waals surface area contributed by atoms with Crippen LogP contribution in [0.4, 0.5) is 5.69 Å². The molecule has 0 fully saturated rings. The van der Waals surface area contributed by atoms with Gasteiger partial charge in [0.1, 0.15) is 0 Å². The number of rotatable bonds is 3. The quantitative estimate of drug-likeness (QED) is 0.727. The van der Waals surface area contributed by atoms with Crippen molar-refractivity contribution in [2.75, 3.05) is 5.32 Å². The molecule has 0 saturated heterocycles. The van der Waals surface area contributed by atoms with Gasteiger partial charge in [0.15, 0.2) is 0 Å². The maximum atomic E-state index is 11.1. The molecule has 0 bridgehead atoms. The summed E-state index contributed by atoms with van der Waals surface area (Å²) in [5.41, 5.74) is 0.548. The van der Waals surface area contributed by atoms with Crippen LogP contribution in [0.2, 0.25) is 10.0 Å². The van der Waals surface area contributed by atoms with Crippen LogP contribution in [0.3, 0.4) is 0 Å². The highest BCUT2D eigenvalue weighted by atomic mass is 35.5. The largest absolute Gasteiger partial charge is 0.474 e. The SMILES string of the molecule is O=C(O)C(=O)Nc1cc(Cl)c(Cc2n[nH]c(=O)o2)c(Cl)c1. The Balaban J connectivity index is 2.26. The number of carbonyl (C=O) groups excluding carboxylic acids is 1. The van der Waals surface area contributed by atoms with Crippen LogP contribution in [0.1, 0.15) is 11.5 Å². The van der Waals surface area contributed by atoms with Crippen molar-refractivity contribution in [2.45, 2.75) is 6.42 Å². The number of benzene rings is 1. The molecule has 0 spiro atoms. The van der Waals surface area contributed by atoms with Crippen LogP contribution in [0, 0.1) is 0 Å². The summed E-state index contributed by atoms with van der Waals surface area (Å²) < 4.78 is 4.74. The molecule has 0 aliphatic carbocycles. The lowest BCUT2D eigenvalue weighted by Crippen LogP contribution is -2.21. The van der Waals surface area contributed by atoms with Crippen molar-refractivity contribution >= 4 is 40.8 Å². The van der Waals surface area contributed by atoms with Crippen LogP contribution in [-0.2, 0) is 16.0 Å². The summed E-state index contributed by atoms with van der Waals surface area (Å²) in [6.07, 6.45) is 0.0591. The second kappa shape index (κ2) is 5.98. The van der Waals surface area contributed by atoms with E-state index < -0.39 is 17.6 Å². The lowest BCUT2D eigenvalue weighted by molar-refractivity contribution is -0.147. The normalized spacial score (nSPS) is 10.4. The number of carbonyl (C=O) groups is 2. The van der Waals surface area contributed by atoms with Crippen molar-refractivity contribution in [3.63, 3.8) is 0 Å². The second-order valence-electron chi connectivity index (χ2n) is 3.86. The molecular weight excluding hydrogens is 325 g/mol. The number of carboxylic acids is 1. The third-order valence-corrected chi connectivity index (χ3v) is 3.08. The van der Waals surface area contributed by atoms with Crippen molar-refractivity contribution in [1.29, 1.82) is 0 Å². The van der Waals surface area contributed by atoms with E-state index in [0.717, 1.165) is 0 Å². The van der Waals surface area contributed by atoms with E-state index in [9.17, 15) is 14.4 Å². The lowest BCUT2D eigenvalue weighted by atomic mass is 10.1. The van der Waals surface area contributed by atoms with E-state index in [1.165, 1.54) is 12.1 Å². The predicted molar refractivity (Wildman–Crippen MR) is 72.7 cm³/mol. The first-order valence-electron chi connectivity index (χ1n) is 5.43. The molecule has 0 saturated carbocycles. The Bertz CT molecular complexity index is 744. The minimum atomic E-state index is -1.63. The van der Waals surface area contributed by atoms with E-state index in [-0.39, 0.29) is 28.0 Å². The second-order valence-corrected chi connectivity index (χ2v) is 4.68. The molecule has 8 nitrogen and oxygen atoms in total. The number of carboxylic acid groups (broad SMARTS) is 1. The Morgan fingerprint density at radius 2 is 1.95 bits per heavy atom. The van der Waals surface area contributed by atoms with Crippen LogP contribution >= 0.6 is 23.2 Å². The van der Waals surface area contributed by atoms with Gasteiger partial charge in [0.2, 0.25) is 5.89 Å². The number of nitrogens with zero attached hydrogens (tertiary/aromatic N) is 1. The molecule has 1 aromatic heterocycles. The summed E-state index contributed by atoms with van der Waals surface area (Å²) >= 11 is 12.0. The van der Waals surface area contributed by atoms with Gasteiger partial charge < -0.3 is 14.8 Å². The van der Waals surface area contributed by atoms with E-state index in [1.807, 2.05) is 0 Å². The predicted octanol–water partition coefficient (Wildman–Crippen LogP) is 1.28. The topological polar surface area (TPSA) is 125 Å². The van der Waals surface area contributed by atoms with Crippen molar-refractivity contribution in [2.24, 2.45) is 0 Å². The summed E-state index contributed by atoms with van der Waals surface area (Å²) in [5.74, 6) is -3.47. The molecule has 0 aliphatic rings. The molecule has 0 radical (unpaired) electrons. The van der Waals surface area contributed by atoms with Crippen LogP contribution in [0.15, 0.2) is 21.3 Å². The van der Waals surface area contributed by atoms with E-state index in [4.69, 9.17) is 32.7 Å². The lowest BCUT2D eigenvalue weighted by Gasteiger charge is -2.08. The number of halogens is 2. The highest BCUT2D eigenvalue weighted by Gasteiger charge is 2.16. The van der Waals surface area contributed by atoms with Crippen molar-refractivity contribution < 1.29 is 19.1 Å². The third kappa shape index (κ3) is 3.61. The number of amides is 1. The van der Waals surface area contributed by atoms with E-state index >= 15 is 0 Å². The van der Waals surface area contributed by atoms with Gasteiger partial charge in [0, 0.05) is 15.7 Å². The van der Waals surface area contributed by atoms with Gasteiger partial charge in [-0.15, -0.1) is 5.10 Å². The summed E-state index contributed by atoms with van der Waals surface area (Å²) in [5, 5.41) is 16.7. The fourth-order valence-electron chi connectivity index (χ4n) is 1.52. The number of aromatic nitrogens is 2. The van der Waals surface area contributed by atoms with Gasteiger partial charge in [-0.1, -0.05) is 23.2 Å². The molecule has 0 aliphatic heterocycles. The van der Waals surface area contributed by atoms with Gasteiger partial charge in [0.05, 0.1) is 6.42 Å². The number of hydrogen-bond acceptors (Lipinski definition) is 5. The smallest absolute Gasteiger partial charge is 0.434 e. The Kier molecular flexibility index (Phi) is 4.29. The van der Waals surface area contributed by atoms with E-state index in [0.29, 0.717) is 5.56 Å². The zero-order valence-electron chi connectivity index (χ0n) is 10.1. The molecular formula is C11H7Cl2N3O5. The molecule has 10 heteroatoms. The van der Waals surface area contributed by atoms with Crippen LogP contribution in [0.25, 0.3) is 0 Å². The van der Waals surface area contributed by atoms with Gasteiger partial charge in [0.25, 0.3) is 0 Å². The zero-order chi connectivity index (χ0) is 15.6. The van der Waals surface area contributed by atoms with Gasteiger partial charge in [-0.05, 0) is 17.7 Å². The van der Waals surface area contributed by atoms with E-state index in [1.54, 1.807) is 0 Å². The first-order chi connectivity index (χ1) is 9.86. The molecule has 110 valence electrons. The highest BCUT2D eigenvalue weighted by molar-refractivity contribution is 6.38. The summed E-state index contributed by atoms with van der Waals surface area (Å²) in [6, 6.07) is 2.66. The number of nitrogens with one attached hydrogen (secondary N) is 2. The maximum absolute atomic E-state index is 11.1. The third-order valence-electron chi connectivity index (χ3n) is 2.40. The average Bonchev–Trinajstić information content (AvgIpc) is 2.79.